The minimum Gasteiger partial charge on any atom is -0.466 e. The zero-order valence-corrected chi connectivity index (χ0v) is 26.2. The molecule has 0 bridgehead atoms. The van der Waals surface area contributed by atoms with Crippen molar-refractivity contribution in [2.45, 2.75) is 96.2 Å². The van der Waals surface area contributed by atoms with Crippen LogP contribution in [0.25, 0.3) is 0 Å². The molecule has 1 saturated heterocycles. The van der Waals surface area contributed by atoms with Crippen LogP contribution in [0.3, 0.4) is 0 Å². The fourth-order valence-electron chi connectivity index (χ4n) is 7.33. The van der Waals surface area contributed by atoms with E-state index in [1.165, 1.54) is 12.0 Å². The molecule has 8 heteroatoms. The van der Waals surface area contributed by atoms with Gasteiger partial charge in [-0.15, -0.1) is 0 Å². The third kappa shape index (κ3) is 7.61. The summed E-state index contributed by atoms with van der Waals surface area (Å²) in [5.41, 5.74) is 2.77. The second kappa shape index (κ2) is 14.7. The molecule has 2 amide bonds. The Balaban J connectivity index is 1.32. The van der Waals surface area contributed by atoms with Crippen LogP contribution in [0, 0.1) is 11.3 Å². The molecule has 5 rings (SSSR count). The number of nitrogens with zero attached hydrogens (tertiary/aromatic N) is 1. The van der Waals surface area contributed by atoms with E-state index in [9.17, 15) is 14.4 Å². The summed E-state index contributed by atoms with van der Waals surface area (Å²) in [6.07, 6.45) is 17.3. The number of benzene rings is 1. The lowest BCUT2D eigenvalue weighted by molar-refractivity contribution is -0.166. The number of ether oxygens (including phenoxy) is 1. The number of fused-ring (bicyclic) bond motifs is 1. The van der Waals surface area contributed by atoms with E-state index in [4.69, 9.17) is 16.3 Å². The maximum atomic E-state index is 14.2. The molecular weight excluding hydrogens is 562 g/mol. The van der Waals surface area contributed by atoms with E-state index >= 15 is 0 Å². The van der Waals surface area contributed by atoms with Crippen LogP contribution in [0.5, 0.6) is 0 Å². The van der Waals surface area contributed by atoms with Gasteiger partial charge in [-0.05, 0) is 80.6 Å². The van der Waals surface area contributed by atoms with Gasteiger partial charge in [0.25, 0.3) is 0 Å². The van der Waals surface area contributed by atoms with E-state index in [-0.39, 0.29) is 17.8 Å². The van der Waals surface area contributed by atoms with Gasteiger partial charge < -0.3 is 20.3 Å². The van der Waals surface area contributed by atoms with Gasteiger partial charge in [-0.1, -0.05) is 73.4 Å². The Bertz CT molecular complexity index is 1260. The zero-order chi connectivity index (χ0) is 30.2. The lowest BCUT2D eigenvalue weighted by Crippen LogP contribution is -2.57. The molecule has 7 nitrogen and oxygen atoms in total. The number of rotatable bonds is 8. The Kier molecular flexibility index (Phi) is 10.8. The molecule has 2 aliphatic heterocycles. The minimum absolute atomic E-state index is 0.0999. The normalized spacial score (nSPS) is 23.1. The SMILES string of the molecule is CCOC(=O)C1(C2CCCCC2)CCN(C(=O)C(CC2=CC=C(Cl)CCC=C2)NC(=O)[C@@H]2Cc3ccccc3CN2)CC1. The zero-order valence-electron chi connectivity index (χ0n) is 25.4. The Hall–Kier alpha value is -2.90. The molecule has 0 spiro atoms. The predicted octanol–water partition coefficient (Wildman–Crippen LogP) is 5.73. The first-order chi connectivity index (χ1) is 20.9. The molecule has 1 aromatic rings. The standard InChI is InChI=1S/C35H46ClN3O4/c1-2-43-34(42)35(28-13-4-3-5-14-28)18-20-39(21-19-35)33(41)31(22-25-10-6-9-15-29(36)17-16-25)38-32(40)30-23-26-11-7-8-12-27(26)24-37-30/h6-8,10-12,16-17,28,30-31,37H,2-5,9,13-15,18-24H2,1H3,(H,38,40)/t30-,31?/m0/s1. The van der Waals surface area contributed by atoms with Gasteiger partial charge >= 0.3 is 5.97 Å². The van der Waals surface area contributed by atoms with Gasteiger partial charge in [0.15, 0.2) is 0 Å². The van der Waals surface area contributed by atoms with Crippen LogP contribution in [-0.4, -0.2) is 54.5 Å². The Morgan fingerprint density at radius 2 is 1.84 bits per heavy atom. The van der Waals surface area contributed by atoms with Gasteiger partial charge in [-0.25, -0.2) is 0 Å². The topological polar surface area (TPSA) is 87.7 Å². The van der Waals surface area contributed by atoms with Crippen molar-refractivity contribution >= 4 is 29.4 Å². The lowest BCUT2D eigenvalue weighted by Gasteiger charge is -2.46. The fraction of sp³-hybridized carbons (Fsp3) is 0.571. The fourth-order valence-corrected chi connectivity index (χ4v) is 7.50. The highest BCUT2D eigenvalue weighted by atomic mass is 35.5. The van der Waals surface area contributed by atoms with Gasteiger partial charge in [0.05, 0.1) is 18.1 Å². The van der Waals surface area contributed by atoms with E-state index < -0.39 is 17.5 Å². The third-order valence-corrected chi connectivity index (χ3v) is 10.2. The first-order valence-corrected chi connectivity index (χ1v) is 16.6. The number of piperidine rings is 1. The summed E-state index contributed by atoms with van der Waals surface area (Å²) < 4.78 is 5.62. The Morgan fingerprint density at radius 1 is 1.09 bits per heavy atom. The van der Waals surface area contributed by atoms with Crippen LogP contribution in [-0.2, 0) is 32.1 Å². The van der Waals surface area contributed by atoms with Crippen molar-refractivity contribution in [3.05, 3.63) is 70.3 Å². The number of hydrogen-bond donors (Lipinski definition) is 2. The van der Waals surface area contributed by atoms with Crippen LogP contribution >= 0.6 is 11.6 Å². The van der Waals surface area contributed by atoms with Gasteiger partial charge in [0, 0.05) is 31.1 Å². The number of nitrogens with one attached hydrogen (secondary N) is 2. The number of allylic oxidation sites excluding steroid dienone is 5. The lowest BCUT2D eigenvalue weighted by atomic mass is 9.63. The monoisotopic (exact) mass is 607 g/mol. The number of amides is 2. The van der Waals surface area contributed by atoms with Crippen LogP contribution in [0.15, 0.2) is 59.2 Å². The first-order valence-electron chi connectivity index (χ1n) is 16.2. The van der Waals surface area contributed by atoms with Crippen molar-refractivity contribution in [1.29, 1.82) is 0 Å². The average Bonchev–Trinajstić information content (AvgIpc) is 3.03. The molecule has 2 fully saturated rings. The molecule has 0 radical (unpaired) electrons. The molecule has 2 aliphatic carbocycles. The maximum absolute atomic E-state index is 14.2. The van der Waals surface area contributed by atoms with Crippen molar-refractivity contribution in [2.24, 2.45) is 11.3 Å². The Labute approximate surface area is 261 Å². The predicted molar refractivity (Wildman–Crippen MR) is 169 cm³/mol. The van der Waals surface area contributed by atoms with Crippen molar-refractivity contribution < 1.29 is 19.1 Å². The van der Waals surface area contributed by atoms with Crippen molar-refractivity contribution in [1.82, 2.24) is 15.5 Å². The summed E-state index contributed by atoms with van der Waals surface area (Å²) in [6, 6.07) is 7.02. The molecule has 232 valence electrons. The van der Waals surface area contributed by atoms with Crippen molar-refractivity contribution in [2.75, 3.05) is 19.7 Å². The summed E-state index contributed by atoms with van der Waals surface area (Å²) in [6.45, 7) is 3.81. The minimum atomic E-state index is -0.723. The molecule has 4 aliphatic rings. The number of carbonyl (C=O) groups is 3. The summed E-state index contributed by atoms with van der Waals surface area (Å²) in [4.78, 5) is 43.0. The third-order valence-electron chi connectivity index (χ3n) is 9.85. The second-order valence-electron chi connectivity index (χ2n) is 12.5. The molecule has 2 heterocycles. The number of likely N-dealkylation sites (tertiary alicyclic amines) is 1. The highest BCUT2D eigenvalue weighted by Crippen LogP contribution is 2.47. The molecule has 1 aromatic carbocycles. The van der Waals surface area contributed by atoms with E-state index in [1.807, 2.05) is 42.2 Å². The van der Waals surface area contributed by atoms with E-state index in [0.717, 1.165) is 54.7 Å². The molecule has 2 atom stereocenters. The average molecular weight is 608 g/mol. The summed E-state index contributed by atoms with van der Waals surface area (Å²) in [5.74, 6) is -0.0694. The van der Waals surface area contributed by atoms with Crippen molar-refractivity contribution in [3.8, 4) is 0 Å². The molecule has 1 unspecified atom stereocenters. The van der Waals surface area contributed by atoms with Crippen LogP contribution in [0.2, 0.25) is 0 Å². The quantitative estimate of drug-likeness (QED) is 0.369. The van der Waals surface area contributed by atoms with Gasteiger partial charge in [-0.2, -0.15) is 0 Å². The van der Waals surface area contributed by atoms with Crippen LogP contribution < -0.4 is 10.6 Å². The molecular formula is C35H46ClN3O4. The number of halogens is 1. The summed E-state index contributed by atoms with van der Waals surface area (Å²) in [7, 11) is 0. The van der Waals surface area contributed by atoms with Gasteiger partial charge in [-0.3, -0.25) is 14.4 Å². The van der Waals surface area contributed by atoms with Crippen LogP contribution in [0.4, 0.5) is 0 Å². The van der Waals surface area contributed by atoms with Gasteiger partial charge in [0.2, 0.25) is 11.8 Å². The smallest absolute Gasteiger partial charge is 0.312 e. The molecule has 43 heavy (non-hydrogen) atoms. The Morgan fingerprint density at radius 3 is 2.58 bits per heavy atom. The largest absolute Gasteiger partial charge is 0.466 e. The number of esters is 1. The summed E-state index contributed by atoms with van der Waals surface area (Å²) >= 11 is 6.34. The van der Waals surface area contributed by atoms with E-state index in [0.29, 0.717) is 57.8 Å². The summed E-state index contributed by atoms with van der Waals surface area (Å²) in [5, 5.41) is 7.25. The first kappa shape index (κ1) is 31.5. The highest BCUT2D eigenvalue weighted by Gasteiger charge is 2.49. The molecule has 2 N–H and O–H groups in total. The molecule has 1 saturated carbocycles. The number of carbonyl (C=O) groups excluding carboxylic acids is 3. The second-order valence-corrected chi connectivity index (χ2v) is 13.0. The van der Waals surface area contributed by atoms with Gasteiger partial charge in [0.1, 0.15) is 6.04 Å². The highest BCUT2D eigenvalue weighted by molar-refractivity contribution is 6.29. The van der Waals surface area contributed by atoms with E-state index in [2.05, 4.69) is 28.8 Å². The maximum Gasteiger partial charge on any atom is 0.312 e. The van der Waals surface area contributed by atoms with Crippen molar-refractivity contribution in [3.63, 3.8) is 0 Å². The number of hydrogen-bond acceptors (Lipinski definition) is 5. The van der Waals surface area contributed by atoms with E-state index in [1.54, 1.807) is 0 Å². The molecule has 0 aromatic heterocycles. The van der Waals surface area contributed by atoms with Crippen LogP contribution in [0.1, 0.15) is 82.3 Å².